The molecule has 3 rings (SSSR count). The molecular formula is C20H26N4O2. The molecular weight excluding hydrogens is 328 g/mol. The van der Waals surface area contributed by atoms with Gasteiger partial charge in [0, 0.05) is 19.5 Å². The molecule has 1 aromatic heterocycles. The number of anilines is 4. The third-order valence-electron chi connectivity index (χ3n) is 4.32. The number of hydrogen-bond donors (Lipinski definition) is 2. The summed E-state index contributed by atoms with van der Waals surface area (Å²) in [6.07, 6.45) is 4.14. The van der Waals surface area contributed by atoms with Gasteiger partial charge in [-0.15, -0.1) is 0 Å². The summed E-state index contributed by atoms with van der Waals surface area (Å²) >= 11 is 0. The number of hydrogen-bond acceptors (Lipinski definition) is 5. The minimum absolute atomic E-state index is 0.0343. The predicted molar refractivity (Wildman–Crippen MR) is 105 cm³/mol. The van der Waals surface area contributed by atoms with Crippen LogP contribution in [-0.4, -0.2) is 37.2 Å². The molecule has 2 aromatic rings. The van der Waals surface area contributed by atoms with Gasteiger partial charge in [0.05, 0.1) is 36.5 Å². The maximum Gasteiger partial charge on any atom is 0.224 e. The number of aromatic nitrogens is 1. The number of nitrogens with one attached hydrogen (secondary N) is 2. The highest BCUT2D eigenvalue weighted by Gasteiger charge is 2.14. The number of unbranched alkanes of at least 4 members (excludes halogenated alkanes) is 1. The number of nitrogens with zero attached hydrogens (tertiary/aromatic N) is 2. The van der Waals surface area contributed by atoms with Gasteiger partial charge in [0.25, 0.3) is 0 Å². The van der Waals surface area contributed by atoms with Crippen LogP contribution in [0.3, 0.4) is 0 Å². The molecule has 0 radical (unpaired) electrons. The minimum atomic E-state index is 0.0343. The van der Waals surface area contributed by atoms with E-state index in [1.807, 2.05) is 30.3 Å². The van der Waals surface area contributed by atoms with Gasteiger partial charge in [-0.1, -0.05) is 25.5 Å². The molecule has 0 aliphatic carbocycles. The predicted octanol–water partition coefficient (Wildman–Crippen LogP) is 3.79. The first-order valence-corrected chi connectivity index (χ1v) is 9.21. The van der Waals surface area contributed by atoms with Crippen LogP contribution in [0.1, 0.15) is 26.2 Å². The van der Waals surface area contributed by atoms with Crippen LogP contribution in [0.5, 0.6) is 0 Å². The van der Waals surface area contributed by atoms with E-state index in [1.54, 1.807) is 6.20 Å². The zero-order valence-electron chi connectivity index (χ0n) is 15.2. The van der Waals surface area contributed by atoms with Crippen molar-refractivity contribution in [1.29, 1.82) is 0 Å². The second kappa shape index (κ2) is 9.20. The van der Waals surface area contributed by atoms with E-state index in [9.17, 15) is 4.79 Å². The van der Waals surface area contributed by atoms with Crippen LogP contribution < -0.4 is 15.5 Å². The molecule has 0 atom stereocenters. The average Bonchev–Trinajstić information content (AvgIpc) is 2.69. The Kier molecular flexibility index (Phi) is 6.44. The maximum absolute atomic E-state index is 11.8. The molecule has 1 fully saturated rings. The van der Waals surface area contributed by atoms with Crippen molar-refractivity contribution < 1.29 is 9.53 Å². The van der Waals surface area contributed by atoms with E-state index < -0.39 is 0 Å². The highest BCUT2D eigenvalue weighted by molar-refractivity contribution is 5.90. The van der Waals surface area contributed by atoms with E-state index in [1.165, 1.54) is 0 Å². The van der Waals surface area contributed by atoms with Gasteiger partial charge in [-0.25, -0.2) is 4.98 Å². The monoisotopic (exact) mass is 354 g/mol. The van der Waals surface area contributed by atoms with Gasteiger partial charge in [-0.05, 0) is 30.7 Å². The van der Waals surface area contributed by atoms with Crippen molar-refractivity contribution in [2.45, 2.75) is 26.2 Å². The molecule has 2 heterocycles. The highest BCUT2D eigenvalue weighted by atomic mass is 16.5. The summed E-state index contributed by atoms with van der Waals surface area (Å²) in [4.78, 5) is 18.5. The van der Waals surface area contributed by atoms with Crippen LogP contribution in [0, 0.1) is 0 Å². The minimum Gasteiger partial charge on any atom is -0.378 e. The van der Waals surface area contributed by atoms with E-state index in [0.717, 1.165) is 62.0 Å². The first kappa shape index (κ1) is 18.2. The quantitative estimate of drug-likeness (QED) is 0.792. The summed E-state index contributed by atoms with van der Waals surface area (Å²) in [5.74, 6) is 0.782. The van der Waals surface area contributed by atoms with Crippen LogP contribution >= 0.6 is 0 Å². The fourth-order valence-electron chi connectivity index (χ4n) is 2.90. The Morgan fingerprint density at radius 2 is 2.00 bits per heavy atom. The Morgan fingerprint density at radius 1 is 1.19 bits per heavy atom. The number of amides is 1. The molecule has 0 unspecified atom stereocenters. The summed E-state index contributed by atoms with van der Waals surface area (Å²) in [6.45, 7) is 5.34. The summed E-state index contributed by atoms with van der Waals surface area (Å²) in [5.41, 5.74) is 2.88. The van der Waals surface area contributed by atoms with Crippen LogP contribution in [0.2, 0.25) is 0 Å². The van der Waals surface area contributed by atoms with E-state index in [2.05, 4.69) is 33.5 Å². The zero-order chi connectivity index (χ0) is 18.2. The lowest BCUT2D eigenvalue weighted by atomic mass is 10.2. The van der Waals surface area contributed by atoms with Gasteiger partial charge in [0.15, 0.2) is 0 Å². The number of rotatable bonds is 7. The van der Waals surface area contributed by atoms with Crippen molar-refractivity contribution in [2.24, 2.45) is 0 Å². The summed E-state index contributed by atoms with van der Waals surface area (Å²) in [6, 6.07) is 12.0. The molecule has 1 aliphatic rings. The van der Waals surface area contributed by atoms with E-state index in [0.29, 0.717) is 6.42 Å². The lowest BCUT2D eigenvalue weighted by molar-refractivity contribution is -0.116. The fraction of sp³-hybridized carbons (Fsp3) is 0.400. The van der Waals surface area contributed by atoms with Crippen LogP contribution in [0.4, 0.5) is 22.9 Å². The number of carbonyl (C=O) groups is 1. The summed E-state index contributed by atoms with van der Waals surface area (Å²) in [5, 5.41) is 6.26. The SMILES string of the molecule is CCCCC(=O)Nc1ccc(Nc2ccccc2N2CCOCC2)nc1. The molecule has 0 bridgehead atoms. The van der Waals surface area contributed by atoms with Crippen molar-refractivity contribution in [2.75, 3.05) is 41.8 Å². The number of ether oxygens (including phenoxy) is 1. The molecule has 6 heteroatoms. The third-order valence-corrected chi connectivity index (χ3v) is 4.32. The Balaban J connectivity index is 1.65. The second-order valence-electron chi connectivity index (χ2n) is 6.33. The largest absolute Gasteiger partial charge is 0.378 e. The molecule has 0 spiro atoms. The highest BCUT2D eigenvalue weighted by Crippen LogP contribution is 2.28. The number of morpholine rings is 1. The van der Waals surface area contributed by atoms with Gasteiger partial charge >= 0.3 is 0 Å². The van der Waals surface area contributed by atoms with Crippen molar-refractivity contribution in [3.8, 4) is 0 Å². The zero-order valence-corrected chi connectivity index (χ0v) is 15.2. The number of carbonyl (C=O) groups excluding carboxylic acids is 1. The molecule has 1 aliphatic heterocycles. The van der Waals surface area contributed by atoms with Gasteiger partial charge in [0.1, 0.15) is 5.82 Å². The first-order chi connectivity index (χ1) is 12.8. The van der Waals surface area contributed by atoms with Gasteiger partial charge < -0.3 is 20.3 Å². The molecule has 1 aromatic carbocycles. The van der Waals surface area contributed by atoms with Crippen molar-refractivity contribution >= 4 is 28.8 Å². The van der Waals surface area contributed by atoms with Gasteiger partial charge in [0.2, 0.25) is 5.91 Å². The van der Waals surface area contributed by atoms with E-state index in [4.69, 9.17) is 4.74 Å². The summed E-state index contributed by atoms with van der Waals surface area (Å²) < 4.78 is 5.44. The van der Waals surface area contributed by atoms with Gasteiger partial charge in [-0.2, -0.15) is 0 Å². The standard InChI is InChI=1S/C20H26N4O2/c1-2-3-8-20(25)22-16-9-10-19(21-15-16)23-17-6-4-5-7-18(17)24-11-13-26-14-12-24/h4-7,9-10,15H,2-3,8,11-14H2,1H3,(H,21,23)(H,22,25). The Morgan fingerprint density at radius 3 is 2.73 bits per heavy atom. The molecule has 0 saturated carbocycles. The maximum atomic E-state index is 11.8. The van der Waals surface area contributed by atoms with E-state index in [-0.39, 0.29) is 5.91 Å². The van der Waals surface area contributed by atoms with Crippen LogP contribution in [0.25, 0.3) is 0 Å². The third kappa shape index (κ3) is 4.95. The van der Waals surface area contributed by atoms with Crippen molar-refractivity contribution in [1.82, 2.24) is 4.98 Å². The molecule has 2 N–H and O–H groups in total. The smallest absolute Gasteiger partial charge is 0.224 e. The number of pyridine rings is 1. The van der Waals surface area contributed by atoms with Crippen molar-refractivity contribution in [3.05, 3.63) is 42.6 Å². The topological polar surface area (TPSA) is 66.5 Å². The lowest BCUT2D eigenvalue weighted by Gasteiger charge is -2.30. The summed E-state index contributed by atoms with van der Waals surface area (Å²) in [7, 11) is 0. The normalized spacial score (nSPS) is 14.1. The molecule has 1 amide bonds. The van der Waals surface area contributed by atoms with E-state index >= 15 is 0 Å². The second-order valence-corrected chi connectivity index (χ2v) is 6.33. The molecule has 26 heavy (non-hydrogen) atoms. The van der Waals surface area contributed by atoms with Crippen molar-refractivity contribution in [3.63, 3.8) is 0 Å². The number of benzene rings is 1. The first-order valence-electron chi connectivity index (χ1n) is 9.21. The Hall–Kier alpha value is -2.60. The molecule has 1 saturated heterocycles. The lowest BCUT2D eigenvalue weighted by Crippen LogP contribution is -2.36. The van der Waals surface area contributed by atoms with Crippen LogP contribution in [0.15, 0.2) is 42.6 Å². The fourth-order valence-corrected chi connectivity index (χ4v) is 2.90. The van der Waals surface area contributed by atoms with Gasteiger partial charge in [-0.3, -0.25) is 4.79 Å². The number of para-hydroxylation sites is 2. The van der Waals surface area contributed by atoms with Crippen LogP contribution in [-0.2, 0) is 9.53 Å². The molecule has 6 nitrogen and oxygen atoms in total. The Labute approximate surface area is 154 Å². The average molecular weight is 354 g/mol. The molecule has 138 valence electrons. The Bertz CT molecular complexity index is 712.